The molecule has 3 aromatic carbocycles. The molecule has 0 saturated carbocycles. The molecular formula is C22H18Cl3F2N3. The van der Waals surface area contributed by atoms with Crippen LogP contribution >= 0.6 is 35.6 Å². The topological polar surface area (TPSA) is 36.4 Å². The Morgan fingerprint density at radius 1 is 0.833 bits per heavy atom. The average Bonchev–Trinajstić information content (AvgIpc) is 3.14. The van der Waals surface area contributed by atoms with Crippen molar-refractivity contribution in [3.8, 4) is 0 Å². The van der Waals surface area contributed by atoms with Gasteiger partial charge in [-0.1, -0.05) is 53.5 Å². The Kier molecular flexibility index (Phi) is 7.19. The molecule has 4 rings (SSSR count). The van der Waals surface area contributed by atoms with Gasteiger partial charge in [-0.25, -0.2) is 13.8 Å². The zero-order chi connectivity index (χ0) is 20.4. The van der Waals surface area contributed by atoms with Crippen LogP contribution in [0.1, 0.15) is 28.8 Å². The Morgan fingerprint density at radius 3 is 2.03 bits per heavy atom. The molecule has 3 aromatic rings. The molecule has 3 nitrogen and oxygen atoms in total. The van der Waals surface area contributed by atoms with Gasteiger partial charge in [-0.2, -0.15) is 0 Å². The molecule has 2 atom stereocenters. The van der Waals surface area contributed by atoms with Crippen LogP contribution in [0.25, 0.3) is 0 Å². The molecule has 0 aliphatic carbocycles. The molecule has 0 amide bonds. The third-order valence-corrected chi connectivity index (χ3v) is 5.26. The number of rotatable bonds is 4. The van der Waals surface area contributed by atoms with E-state index in [1.54, 1.807) is 0 Å². The summed E-state index contributed by atoms with van der Waals surface area (Å²) < 4.78 is 26.6. The van der Waals surface area contributed by atoms with E-state index >= 15 is 0 Å². The van der Waals surface area contributed by atoms with Crippen LogP contribution in [0.15, 0.2) is 71.7 Å². The zero-order valence-corrected chi connectivity index (χ0v) is 17.9. The summed E-state index contributed by atoms with van der Waals surface area (Å²) in [6, 6.07) is 18.7. The van der Waals surface area contributed by atoms with Gasteiger partial charge in [0.15, 0.2) is 17.6 Å². The average molecular weight is 469 g/mol. The van der Waals surface area contributed by atoms with E-state index < -0.39 is 11.6 Å². The quantitative estimate of drug-likeness (QED) is 0.476. The highest BCUT2D eigenvalue weighted by Gasteiger charge is 2.31. The first-order valence-corrected chi connectivity index (χ1v) is 9.78. The van der Waals surface area contributed by atoms with E-state index in [-0.39, 0.29) is 24.5 Å². The molecule has 0 spiro atoms. The van der Waals surface area contributed by atoms with Crippen LogP contribution in [0.4, 0.5) is 8.78 Å². The number of nitrogens with zero attached hydrogens (tertiary/aromatic N) is 1. The van der Waals surface area contributed by atoms with Gasteiger partial charge in [0.1, 0.15) is 6.04 Å². The monoisotopic (exact) mass is 467 g/mol. The van der Waals surface area contributed by atoms with Crippen molar-refractivity contribution in [2.45, 2.75) is 18.6 Å². The van der Waals surface area contributed by atoms with E-state index in [0.717, 1.165) is 17.2 Å². The maximum atomic E-state index is 13.4. The highest BCUT2D eigenvalue weighted by molar-refractivity contribution is 6.30. The number of halogens is 5. The van der Waals surface area contributed by atoms with Crippen molar-refractivity contribution < 1.29 is 8.78 Å². The molecule has 0 fully saturated rings. The van der Waals surface area contributed by atoms with Gasteiger partial charge in [0.2, 0.25) is 0 Å². The highest BCUT2D eigenvalue weighted by atomic mass is 35.5. The molecule has 0 saturated heterocycles. The Labute approximate surface area is 189 Å². The van der Waals surface area contributed by atoms with Crippen LogP contribution in [0.2, 0.25) is 10.0 Å². The van der Waals surface area contributed by atoms with E-state index in [1.165, 1.54) is 12.1 Å². The lowest BCUT2D eigenvalue weighted by molar-refractivity contribution is 0.506. The molecule has 30 heavy (non-hydrogen) atoms. The van der Waals surface area contributed by atoms with Crippen LogP contribution in [0.3, 0.4) is 0 Å². The standard InChI is InChI=1S/C22H17Cl2F2N3.ClH/c23-16-6-2-14(3-7-16)20-21(15-4-8-17(24)9-5-15)29-22(28-20)27-12-13-1-10-18(25)19(26)11-13;/h1-11,20-21H,12H2,(H2,27,28,29);1H. The SMILES string of the molecule is Cl.Fc1ccc(CNC2=NC(c3ccc(Cl)cc3)C(c3ccc(Cl)cc3)N2)cc1F. The fourth-order valence-corrected chi connectivity index (χ4v) is 3.52. The van der Waals surface area contributed by atoms with Crippen molar-refractivity contribution >= 4 is 41.6 Å². The number of hydrogen-bond acceptors (Lipinski definition) is 3. The fourth-order valence-electron chi connectivity index (χ4n) is 3.27. The molecule has 2 unspecified atom stereocenters. The van der Waals surface area contributed by atoms with Crippen molar-refractivity contribution in [2.75, 3.05) is 0 Å². The minimum atomic E-state index is -0.872. The minimum absolute atomic E-state index is 0. The van der Waals surface area contributed by atoms with Crippen molar-refractivity contribution in [3.63, 3.8) is 0 Å². The normalized spacial score (nSPS) is 17.7. The van der Waals surface area contributed by atoms with Crippen molar-refractivity contribution in [1.82, 2.24) is 10.6 Å². The Morgan fingerprint density at radius 2 is 1.43 bits per heavy atom. The predicted octanol–water partition coefficient (Wildman–Crippen LogP) is 6.22. The molecule has 1 heterocycles. The summed E-state index contributed by atoms with van der Waals surface area (Å²) in [5.41, 5.74) is 2.65. The predicted molar refractivity (Wildman–Crippen MR) is 119 cm³/mol. The largest absolute Gasteiger partial charge is 0.352 e. The van der Waals surface area contributed by atoms with Crippen molar-refractivity contribution in [3.05, 3.63) is 105 Å². The van der Waals surface area contributed by atoms with Crippen molar-refractivity contribution in [1.29, 1.82) is 0 Å². The van der Waals surface area contributed by atoms with Gasteiger partial charge in [0.25, 0.3) is 0 Å². The molecule has 1 aliphatic heterocycles. The molecule has 156 valence electrons. The fraction of sp³-hybridized carbons (Fsp3) is 0.136. The number of hydrogen-bond donors (Lipinski definition) is 2. The maximum Gasteiger partial charge on any atom is 0.192 e. The first-order chi connectivity index (χ1) is 14.0. The van der Waals surface area contributed by atoms with E-state index in [1.807, 2.05) is 48.5 Å². The highest BCUT2D eigenvalue weighted by Crippen LogP contribution is 2.36. The number of nitrogens with one attached hydrogen (secondary N) is 2. The Bertz CT molecular complexity index is 1040. The molecule has 1 aliphatic rings. The van der Waals surface area contributed by atoms with E-state index in [2.05, 4.69) is 10.6 Å². The third kappa shape index (κ3) is 5.04. The summed E-state index contributed by atoms with van der Waals surface area (Å²) in [5.74, 6) is -1.16. The zero-order valence-electron chi connectivity index (χ0n) is 15.6. The Balaban J connectivity index is 0.00000256. The molecular weight excluding hydrogens is 451 g/mol. The van der Waals surface area contributed by atoms with Crippen LogP contribution < -0.4 is 10.6 Å². The second kappa shape index (κ2) is 9.65. The summed E-state index contributed by atoms with van der Waals surface area (Å²) in [6.07, 6.45) is 0. The number of guanidine groups is 1. The number of benzene rings is 3. The van der Waals surface area contributed by atoms with Gasteiger partial charge >= 0.3 is 0 Å². The molecule has 2 N–H and O–H groups in total. The lowest BCUT2D eigenvalue weighted by atomic mass is 9.95. The molecule has 0 radical (unpaired) electrons. The van der Waals surface area contributed by atoms with Gasteiger partial charge in [0, 0.05) is 16.6 Å². The summed E-state index contributed by atoms with van der Waals surface area (Å²) in [6.45, 7) is 0.309. The van der Waals surface area contributed by atoms with Crippen LogP contribution in [0.5, 0.6) is 0 Å². The van der Waals surface area contributed by atoms with E-state index in [0.29, 0.717) is 28.1 Å². The summed E-state index contributed by atoms with van der Waals surface area (Å²) in [4.78, 5) is 4.77. The first kappa shape index (κ1) is 22.3. The minimum Gasteiger partial charge on any atom is -0.352 e. The smallest absolute Gasteiger partial charge is 0.192 e. The summed E-state index contributed by atoms with van der Waals surface area (Å²) in [5, 5.41) is 7.86. The summed E-state index contributed by atoms with van der Waals surface area (Å²) >= 11 is 12.0. The lowest BCUT2D eigenvalue weighted by Crippen LogP contribution is -2.35. The van der Waals surface area contributed by atoms with Crippen LogP contribution in [-0.4, -0.2) is 5.96 Å². The Hall–Kier alpha value is -2.34. The van der Waals surface area contributed by atoms with Crippen molar-refractivity contribution in [2.24, 2.45) is 4.99 Å². The maximum absolute atomic E-state index is 13.4. The summed E-state index contributed by atoms with van der Waals surface area (Å²) in [7, 11) is 0. The molecule has 0 bridgehead atoms. The van der Waals surface area contributed by atoms with E-state index in [9.17, 15) is 8.78 Å². The first-order valence-electron chi connectivity index (χ1n) is 9.02. The van der Waals surface area contributed by atoms with Gasteiger partial charge in [0.05, 0.1) is 6.04 Å². The van der Waals surface area contributed by atoms with Gasteiger partial charge in [-0.15, -0.1) is 12.4 Å². The lowest BCUT2D eigenvalue weighted by Gasteiger charge is -2.20. The van der Waals surface area contributed by atoms with Crippen LogP contribution in [0, 0.1) is 11.6 Å². The van der Waals surface area contributed by atoms with Gasteiger partial charge in [-0.05, 0) is 53.1 Å². The van der Waals surface area contributed by atoms with E-state index in [4.69, 9.17) is 28.2 Å². The molecule has 8 heteroatoms. The van der Waals surface area contributed by atoms with Crippen LogP contribution in [-0.2, 0) is 6.54 Å². The third-order valence-electron chi connectivity index (χ3n) is 4.76. The second-order valence-electron chi connectivity index (χ2n) is 6.75. The second-order valence-corrected chi connectivity index (χ2v) is 7.62. The van der Waals surface area contributed by atoms with Gasteiger partial charge < -0.3 is 10.6 Å². The van der Waals surface area contributed by atoms with Gasteiger partial charge in [-0.3, -0.25) is 0 Å². The number of aliphatic imine (C=N–C) groups is 1. The molecule has 0 aromatic heterocycles.